The van der Waals surface area contributed by atoms with Gasteiger partial charge in [-0.1, -0.05) is 31.5 Å². The maximum atomic E-state index is 14.3. The lowest BCUT2D eigenvalue weighted by molar-refractivity contribution is 0.0506. The fourth-order valence-electron chi connectivity index (χ4n) is 5.72. The van der Waals surface area contributed by atoms with Gasteiger partial charge in [-0.15, -0.1) is 0 Å². The van der Waals surface area contributed by atoms with E-state index in [9.17, 15) is 19.1 Å². The van der Waals surface area contributed by atoms with Gasteiger partial charge in [-0.3, -0.25) is 4.79 Å². The minimum Gasteiger partial charge on any atom is -0.478 e. The molecule has 9 nitrogen and oxygen atoms in total. The molecule has 220 valence electrons. The van der Waals surface area contributed by atoms with Crippen molar-refractivity contribution in [2.45, 2.75) is 53.6 Å². The van der Waals surface area contributed by atoms with Crippen molar-refractivity contribution in [2.24, 2.45) is 5.92 Å². The molecule has 1 fully saturated rings. The predicted molar refractivity (Wildman–Crippen MR) is 161 cm³/mol. The zero-order valence-corrected chi connectivity index (χ0v) is 25.3. The molecular formula is C31H34ClFN6O3. The molecule has 0 aliphatic carbocycles. The fraction of sp³-hybridized carbons (Fsp3) is 0.387. The molecule has 11 heteroatoms. The number of nitrogens with zero attached hydrogens (tertiary/aromatic N) is 6. The Bertz CT molecular complexity index is 1690. The maximum absolute atomic E-state index is 14.3. The number of fused-ring (bicyclic) bond motifs is 1. The number of pyridine rings is 1. The van der Waals surface area contributed by atoms with Crippen LogP contribution in [0.5, 0.6) is 0 Å². The van der Waals surface area contributed by atoms with E-state index in [-0.39, 0.29) is 22.2 Å². The van der Waals surface area contributed by atoms with Crippen LogP contribution >= 0.6 is 11.6 Å². The standard InChI is InChI=1S/C31H34ClFN6O3/c1-17(2)14-38-15-21(20-7-8-22(32)23(33)12-20)27-28(38)36-24(13-34-27)29(40)39-10-9-37(16-31(39,5)6)25-11-18(3)26(30(41)42)19(4)35-25/h7-8,11-13,15,17H,9-10,14,16H2,1-6H3,(H,41,42). The van der Waals surface area contributed by atoms with Gasteiger partial charge in [0.25, 0.3) is 5.91 Å². The van der Waals surface area contributed by atoms with Gasteiger partial charge in [0.15, 0.2) is 5.65 Å². The van der Waals surface area contributed by atoms with Crippen molar-refractivity contribution in [2.75, 3.05) is 24.5 Å². The van der Waals surface area contributed by atoms with Crippen molar-refractivity contribution < 1.29 is 19.1 Å². The number of anilines is 1. The summed E-state index contributed by atoms with van der Waals surface area (Å²) in [4.78, 5) is 43.4. The minimum atomic E-state index is -0.995. The number of piperazine rings is 1. The van der Waals surface area contributed by atoms with Crippen LogP contribution < -0.4 is 4.90 Å². The number of carboxylic acid groups (broad SMARTS) is 1. The number of aromatic nitrogens is 4. The zero-order chi connectivity index (χ0) is 30.5. The summed E-state index contributed by atoms with van der Waals surface area (Å²) in [5, 5.41) is 9.56. The lowest BCUT2D eigenvalue weighted by Crippen LogP contribution is -2.61. The average molecular weight is 593 g/mol. The van der Waals surface area contributed by atoms with Crippen molar-refractivity contribution in [3.05, 3.63) is 70.0 Å². The summed E-state index contributed by atoms with van der Waals surface area (Å²) in [5.74, 6) is -0.752. The number of halogens is 2. The Morgan fingerprint density at radius 3 is 2.50 bits per heavy atom. The summed E-state index contributed by atoms with van der Waals surface area (Å²) in [6.45, 7) is 13.7. The van der Waals surface area contributed by atoms with E-state index in [0.717, 1.165) is 0 Å². The molecule has 1 aliphatic rings. The molecule has 0 spiro atoms. The number of benzene rings is 1. The monoisotopic (exact) mass is 592 g/mol. The Kier molecular flexibility index (Phi) is 7.70. The molecule has 5 rings (SSSR count). The summed E-state index contributed by atoms with van der Waals surface area (Å²) in [6, 6.07) is 6.43. The second-order valence-corrected chi connectivity index (χ2v) is 12.3. The molecule has 4 heterocycles. The Balaban J connectivity index is 1.45. The molecule has 1 amide bonds. The quantitative estimate of drug-likeness (QED) is 0.293. The fourth-order valence-corrected chi connectivity index (χ4v) is 5.84. The molecule has 42 heavy (non-hydrogen) atoms. The van der Waals surface area contributed by atoms with Gasteiger partial charge in [0.1, 0.15) is 22.8 Å². The molecule has 0 unspecified atom stereocenters. The molecule has 3 aromatic heterocycles. The molecule has 1 aromatic carbocycles. The van der Waals surface area contributed by atoms with Crippen LogP contribution in [0.4, 0.5) is 10.2 Å². The Morgan fingerprint density at radius 2 is 1.88 bits per heavy atom. The number of aryl methyl sites for hydroxylation is 2. The number of amides is 1. The molecule has 0 bridgehead atoms. The summed E-state index contributed by atoms with van der Waals surface area (Å²) < 4.78 is 16.3. The molecular weight excluding hydrogens is 559 g/mol. The van der Waals surface area contributed by atoms with Gasteiger partial charge in [0.2, 0.25) is 0 Å². The van der Waals surface area contributed by atoms with Crippen LogP contribution in [0.3, 0.4) is 0 Å². The van der Waals surface area contributed by atoms with Crippen LogP contribution in [0.25, 0.3) is 22.3 Å². The number of carbonyl (C=O) groups is 2. The molecule has 0 atom stereocenters. The van der Waals surface area contributed by atoms with E-state index >= 15 is 0 Å². The highest BCUT2D eigenvalue weighted by Gasteiger charge is 2.38. The SMILES string of the molecule is Cc1cc(N2CCN(C(=O)c3cnc4c(-c5ccc(Cl)c(F)c5)cn(CC(C)C)c4n3)C(C)(C)C2)nc(C)c1C(=O)O. The minimum absolute atomic E-state index is 0.0460. The lowest BCUT2D eigenvalue weighted by Gasteiger charge is -2.47. The first-order valence-corrected chi connectivity index (χ1v) is 14.2. The second-order valence-electron chi connectivity index (χ2n) is 11.9. The number of carboxylic acids is 1. The predicted octanol–water partition coefficient (Wildman–Crippen LogP) is 6.00. The van der Waals surface area contributed by atoms with Crippen molar-refractivity contribution in [3.8, 4) is 11.1 Å². The molecule has 1 saturated heterocycles. The average Bonchev–Trinajstić information content (AvgIpc) is 3.25. The number of carbonyl (C=O) groups excluding carboxylic acids is 1. The molecule has 1 aliphatic heterocycles. The molecule has 1 N–H and O–H groups in total. The van der Waals surface area contributed by atoms with Gasteiger partial charge >= 0.3 is 5.97 Å². The van der Waals surface area contributed by atoms with E-state index in [1.54, 1.807) is 30.9 Å². The Morgan fingerprint density at radius 1 is 1.14 bits per heavy atom. The third-order valence-electron chi connectivity index (χ3n) is 7.65. The lowest BCUT2D eigenvalue weighted by atomic mass is 9.97. The van der Waals surface area contributed by atoms with Crippen LogP contribution in [0, 0.1) is 25.6 Å². The van der Waals surface area contributed by atoms with Crippen molar-refractivity contribution >= 4 is 40.5 Å². The van der Waals surface area contributed by atoms with Gasteiger partial charge in [0, 0.05) is 37.9 Å². The van der Waals surface area contributed by atoms with Crippen LogP contribution in [-0.2, 0) is 6.54 Å². The largest absolute Gasteiger partial charge is 0.478 e. The maximum Gasteiger partial charge on any atom is 0.337 e. The van der Waals surface area contributed by atoms with E-state index in [1.165, 1.54) is 18.3 Å². The summed E-state index contributed by atoms with van der Waals surface area (Å²) in [6.07, 6.45) is 3.39. The Labute approximate surface area is 249 Å². The first-order chi connectivity index (χ1) is 19.8. The van der Waals surface area contributed by atoms with E-state index in [1.807, 2.05) is 24.6 Å². The normalized spacial score (nSPS) is 15.1. The highest BCUT2D eigenvalue weighted by molar-refractivity contribution is 6.30. The van der Waals surface area contributed by atoms with Crippen molar-refractivity contribution in [1.29, 1.82) is 0 Å². The van der Waals surface area contributed by atoms with Crippen molar-refractivity contribution in [1.82, 2.24) is 24.4 Å². The number of hydrogen-bond acceptors (Lipinski definition) is 6. The molecule has 0 saturated carbocycles. The van der Waals surface area contributed by atoms with E-state index in [0.29, 0.717) is 71.5 Å². The first-order valence-electron chi connectivity index (χ1n) is 13.9. The molecule has 4 aromatic rings. The van der Waals surface area contributed by atoms with Gasteiger partial charge in [0.05, 0.1) is 28.0 Å². The number of hydrogen-bond donors (Lipinski definition) is 1. The highest BCUT2D eigenvalue weighted by atomic mass is 35.5. The van der Waals surface area contributed by atoms with Gasteiger partial charge in [-0.05, 0) is 62.9 Å². The van der Waals surface area contributed by atoms with Crippen LogP contribution in [0.1, 0.15) is 59.8 Å². The summed E-state index contributed by atoms with van der Waals surface area (Å²) in [7, 11) is 0. The van der Waals surface area contributed by atoms with Crippen LogP contribution in [-0.4, -0.2) is 66.6 Å². The van der Waals surface area contributed by atoms with Crippen molar-refractivity contribution in [3.63, 3.8) is 0 Å². The molecule has 0 radical (unpaired) electrons. The van der Waals surface area contributed by atoms with Gasteiger partial charge < -0.3 is 19.5 Å². The zero-order valence-electron chi connectivity index (χ0n) is 24.6. The third-order valence-corrected chi connectivity index (χ3v) is 7.95. The van der Waals surface area contributed by atoms with E-state index < -0.39 is 17.3 Å². The number of aromatic carboxylic acids is 1. The van der Waals surface area contributed by atoms with Crippen LogP contribution in [0.2, 0.25) is 5.02 Å². The summed E-state index contributed by atoms with van der Waals surface area (Å²) in [5.41, 5.74) is 3.47. The van der Waals surface area contributed by atoms with E-state index in [4.69, 9.17) is 16.6 Å². The summed E-state index contributed by atoms with van der Waals surface area (Å²) >= 11 is 5.91. The van der Waals surface area contributed by atoms with Gasteiger partial charge in [-0.2, -0.15) is 0 Å². The Hall–Kier alpha value is -4.05. The third kappa shape index (κ3) is 5.43. The number of rotatable bonds is 6. The van der Waals surface area contributed by atoms with Crippen LogP contribution in [0.15, 0.2) is 36.7 Å². The highest BCUT2D eigenvalue weighted by Crippen LogP contribution is 2.32. The van der Waals surface area contributed by atoms with Gasteiger partial charge in [-0.25, -0.2) is 24.1 Å². The smallest absolute Gasteiger partial charge is 0.337 e. The first kappa shape index (κ1) is 29.4. The van der Waals surface area contributed by atoms with E-state index in [2.05, 4.69) is 28.7 Å². The second kappa shape index (κ2) is 11.0. The topological polar surface area (TPSA) is 104 Å².